The summed E-state index contributed by atoms with van der Waals surface area (Å²) in [5.41, 5.74) is 9.22. The Morgan fingerprint density at radius 3 is 2.50 bits per heavy atom. The Balaban J connectivity index is 1.89. The van der Waals surface area contributed by atoms with E-state index >= 15 is 0 Å². The summed E-state index contributed by atoms with van der Waals surface area (Å²) in [5.74, 6) is 0. The number of nitrogens with zero attached hydrogens (tertiary/aromatic N) is 1. The van der Waals surface area contributed by atoms with Crippen LogP contribution in [-0.4, -0.2) is 36.2 Å². The molecular weight excluding hydrogens is 248 g/mol. The first-order chi connectivity index (χ1) is 9.69. The average molecular weight is 274 g/mol. The van der Waals surface area contributed by atoms with Gasteiger partial charge in [0.1, 0.15) is 0 Å². The van der Waals surface area contributed by atoms with Gasteiger partial charge >= 0.3 is 0 Å². The molecule has 2 fully saturated rings. The first-order valence-corrected chi connectivity index (χ1v) is 7.89. The summed E-state index contributed by atoms with van der Waals surface area (Å²) < 4.78 is 5.97. The molecule has 2 saturated heterocycles. The molecule has 4 atom stereocenters. The van der Waals surface area contributed by atoms with Crippen molar-refractivity contribution >= 4 is 0 Å². The van der Waals surface area contributed by atoms with Crippen molar-refractivity contribution < 1.29 is 4.74 Å². The summed E-state index contributed by atoms with van der Waals surface area (Å²) >= 11 is 0. The molecule has 0 amide bonds. The minimum absolute atomic E-state index is 0.189. The molecule has 20 heavy (non-hydrogen) atoms. The van der Waals surface area contributed by atoms with Crippen LogP contribution in [-0.2, 0) is 4.74 Å². The molecule has 3 heteroatoms. The normalized spacial score (nSPS) is 29.4. The van der Waals surface area contributed by atoms with E-state index in [4.69, 9.17) is 10.5 Å². The van der Waals surface area contributed by atoms with E-state index in [0.717, 1.165) is 19.5 Å². The highest BCUT2D eigenvalue weighted by Gasteiger charge is 2.38. The third-order valence-corrected chi connectivity index (χ3v) is 4.85. The van der Waals surface area contributed by atoms with Crippen LogP contribution < -0.4 is 5.73 Å². The van der Waals surface area contributed by atoms with Gasteiger partial charge in [0.2, 0.25) is 0 Å². The molecule has 0 saturated carbocycles. The fourth-order valence-corrected chi connectivity index (χ4v) is 3.71. The fraction of sp³-hybridized carbons (Fsp3) is 0.647. The topological polar surface area (TPSA) is 38.5 Å². The minimum atomic E-state index is 0.189. The third-order valence-electron chi connectivity index (χ3n) is 4.85. The Morgan fingerprint density at radius 2 is 1.90 bits per heavy atom. The number of hydrogen-bond acceptors (Lipinski definition) is 3. The first kappa shape index (κ1) is 14.1. The van der Waals surface area contributed by atoms with Gasteiger partial charge in [0, 0.05) is 19.1 Å². The molecule has 4 unspecified atom stereocenters. The Kier molecular flexibility index (Phi) is 4.11. The van der Waals surface area contributed by atoms with Gasteiger partial charge in [-0.2, -0.15) is 0 Å². The molecule has 0 spiro atoms. The SMILES string of the molecule is CCC(N)C(c1ccccc1C)N1CC2CCC(C1)O2. The second-order valence-corrected chi connectivity index (χ2v) is 6.28. The summed E-state index contributed by atoms with van der Waals surface area (Å²) in [4.78, 5) is 2.57. The molecule has 1 aromatic carbocycles. The Bertz CT molecular complexity index is 450. The number of likely N-dealkylation sites (tertiary alicyclic amines) is 1. The number of benzene rings is 1. The standard InChI is InChI=1S/C17H26N2O/c1-3-16(18)17(15-7-5-4-6-12(15)2)19-10-13-8-9-14(11-19)20-13/h4-7,13-14,16-17H,3,8-11,18H2,1-2H3. The van der Waals surface area contributed by atoms with E-state index < -0.39 is 0 Å². The lowest BCUT2D eigenvalue weighted by molar-refractivity contribution is -0.0569. The maximum atomic E-state index is 6.48. The zero-order valence-corrected chi connectivity index (χ0v) is 12.6. The molecule has 0 radical (unpaired) electrons. The third kappa shape index (κ3) is 2.62. The monoisotopic (exact) mass is 274 g/mol. The molecule has 2 aliphatic rings. The molecule has 2 aliphatic heterocycles. The highest BCUT2D eigenvalue weighted by atomic mass is 16.5. The molecule has 0 aromatic heterocycles. The van der Waals surface area contributed by atoms with Crippen LogP contribution in [0.25, 0.3) is 0 Å². The predicted molar refractivity (Wildman–Crippen MR) is 81.7 cm³/mol. The van der Waals surface area contributed by atoms with E-state index in [9.17, 15) is 0 Å². The van der Waals surface area contributed by atoms with E-state index in [1.54, 1.807) is 0 Å². The van der Waals surface area contributed by atoms with Crippen LogP contribution in [0.15, 0.2) is 24.3 Å². The average Bonchev–Trinajstić information content (AvgIpc) is 2.80. The number of rotatable bonds is 4. The second-order valence-electron chi connectivity index (χ2n) is 6.28. The van der Waals surface area contributed by atoms with E-state index in [2.05, 4.69) is 43.0 Å². The summed E-state index contributed by atoms with van der Waals surface area (Å²) in [6, 6.07) is 9.19. The molecule has 3 nitrogen and oxygen atoms in total. The van der Waals surface area contributed by atoms with Gasteiger partial charge in [-0.25, -0.2) is 0 Å². The van der Waals surface area contributed by atoms with Crippen molar-refractivity contribution in [3.63, 3.8) is 0 Å². The molecule has 2 N–H and O–H groups in total. The molecule has 3 rings (SSSR count). The van der Waals surface area contributed by atoms with Crippen molar-refractivity contribution in [3.8, 4) is 0 Å². The maximum absolute atomic E-state index is 6.48. The minimum Gasteiger partial charge on any atom is -0.372 e. The van der Waals surface area contributed by atoms with Crippen molar-refractivity contribution in [3.05, 3.63) is 35.4 Å². The van der Waals surface area contributed by atoms with Crippen molar-refractivity contribution in [1.29, 1.82) is 0 Å². The predicted octanol–water partition coefficient (Wildman–Crippen LogP) is 2.64. The van der Waals surface area contributed by atoms with Crippen LogP contribution in [0.4, 0.5) is 0 Å². The fourth-order valence-electron chi connectivity index (χ4n) is 3.71. The maximum Gasteiger partial charge on any atom is 0.0707 e. The quantitative estimate of drug-likeness (QED) is 0.917. The van der Waals surface area contributed by atoms with Gasteiger partial charge in [0.25, 0.3) is 0 Å². The number of hydrogen-bond donors (Lipinski definition) is 1. The highest BCUT2D eigenvalue weighted by Crippen LogP contribution is 2.34. The first-order valence-electron chi connectivity index (χ1n) is 7.89. The Morgan fingerprint density at radius 1 is 1.25 bits per heavy atom. The Hall–Kier alpha value is -0.900. The smallest absolute Gasteiger partial charge is 0.0707 e. The van der Waals surface area contributed by atoms with E-state index in [1.807, 2.05) is 0 Å². The summed E-state index contributed by atoms with van der Waals surface area (Å²) in [7, 11) is 0. The number of aryl methyl sites for hydroxylation is 1. The lowest BCUT2D eigenvalue weighted by Crippen LogP contribution is -2.49. The van der Waals surface area contributed by atoms with Gasteiger partial charge in [0.05, 0.1) is 18.2 Å². The zero-order chi connectivity index (χ0) is 14.1. The van der Waals surface area contributed by atoms with Gasteiger partial charge < -0.3 is 10.5 Å². The van der Waals surface area contributed by atoms with Crippen LogP contribution in [0.1, 0.15) is 43.4 Å². The molecular formula is C17H26N2O. The number of ether oxygens (including phenoxy) is 1. The summed E-state index contributed by atoms with van der Waals surface area (Å²) in [6.45, 7) is 6.44. The Labute approximate surface area is 122 Å². The van der Waals surface area contributed by atoms with Gasteiger partial charge in [0.15, 0.2) is 0 Å². The number of nitrogens with two attached hydrogens (primary N) is 1. The van der Waals surface area contributed by atoms with Gasteiger partial charge in [-0.1, -0.05) is 31.2 Å². The van der Waals surface area contributed by atoms with Crippen LogP contribution in [0, 0.1) is 6.92 Å². The lowest BCUT2D eigenvalue weighted by atomic mass is 9.92. The summed E-state index contributed by atoms with van der Waals surface area (Å²) in [5, 5.41) is 0. The second kappa shape index (κ2) is 5.84. The van der Waals surface area contributed by atoms with E-state index in [0.29, 0.717) is 18.2 Å². The molecule has 2 heterocycles. The highest BCUT2D eigenvalue weighted by molar-refractivity contribution is 5.30. The van der Waals surface area contributed by atoms with Gasteiger partial charge in [-0.05, 0) is 37.3 Å². The van der Waals surface area contributed by atoms with E-state index in [-0.39, 0.29) is 6.04 Å². The van der Waals surface area contributed by atoms with Crippen LogP contribution >= 0.6 is 0 Å². The summed E-state index contributed by atoms with van der Waals surface area (Å²) in [6.07, 6.45) is 4.27. The largest absolute Gasteiger partial charge is 0.372 e. The van der Waals surface area contributed by atoms with Crippen LogP contribution in [0.3, 0.4) is 0 Å². The molecule has 110 valence electrons. The number of morpholine rings is 1. The van der Waals surface area contributed by atoms with Crippen molar-refractivity contribution in [1.82, 2.24) is 4.90 Å². The molecule has 2 bridgehead atoms. The van der Waals surface area contributed by atoms with Crippen molar-refractivity contribution in [2.75, 3.05) is 13.1 Å². The van der Waals surface area contributed by atoms with Gasteiger partial charge in [-0.15, -0.1) is 0 Å². The van der Waals surface area contributed by atoms with E-state index in [1.165, 1.54) is 24.0 Å². The van der Waals surface area contributed by atoms with Crippen LogP contribution in [0.5, 0.6) is 0 Å². The lowest BCUT2D eigenvalue weighted by Gasteiger charge is -2.41. The zero-order valence-electron chi connectivity index (χ0n) is 12.6. The molecule has 0 aliphatic carbocycles. The number of fused-ring (bicyclic) bond motifs is 2. The van der Waals surface area contributed by atoms with Gasteiger partial charge in [-0.3, -0.25) is 4.90 Å². The van der Waals surface area contributed by atoms with Crippen LogP contribution in [0.2, 0.25) is 0 Å². The van der Waals surface area contributed by atoms with Crippen molar-refractivity contribution in [2.45, 2.75) is 57.4 Å². The van der Waals surface area contributed by atoms with Crippen molar-refractivity contribution in [2.24, 2.45) is 5.73 Å². The molecule has 1 aromatic rings.